The van der Waals surface area contributed by atoms with Crippen LogP contribution >= 0.6 is 0 Å². The molecule has 0 aromatic heterocycles. The first-order valence-corrected chi connectivity index (χ1v) is 29.7. The maximum absolute atomic E-state index is 13.3. The van der Waals surface area contributed by atoms with E-state index in [1.165, 1.54) is 19.8 Å². The monoisotopic (exact) mass is 1180 g/mol. The smallest absolute Gasteiger partial charge is 0.309 e. The van der Waals surface area contributed by atoms with E-state index in [0.717, 1.165) is 73.3 Å². The van der Waals surface area contributed by atoms with Gasteiger partial charge in [0, 0.05) is 57.9 Å². The average Bonchev–Trinajstić information content (AvgIpc) is 3.54. The molecular weight excluding hydrogens is 1090 g/mol. The summed E-state index contributed by atoms with van der Waals surface area (Å²) in [5, 5.41) is 79.7. The molecule has 10 N–H and O–H groups in total. The van der Waals surface area contributed by atoms with Gasteiger partial charge < -0.3 is 75.4 Å². The Balaban J connectivity index is 0.000000280. The van der Waals surface area contributed by atoms with E-state index in [2.05, 4.69) is 16.0 Å². The standard InChI is InChI=1S/C34H56N2O12.C28H31NO7/c1-22(38)36-30-32(43)31(42)27(19-37)48-34(30)45-17-16-35-28(40)14-13-26(39)18-25(33(44)47-21-24-10-6-3-7-11-24)12-15-29(41)46-20-23-8-4-2-5-9-23;30-16-23-25(32)26(33)24(28(35)36-23)29-27(34)21(12-17-6-2-1-3-7-17)15-22(31)14-18-10-11-19-8-4-5-9-20(19)13-18/h23-25,27,30-32,34,37,42-43H,2-21H2,1H3,(H,35,40)(H,36,38);1-11,13,21,23-26,28,30,32-33,35H,12,14-16H2,(H,29,34)/t25?,27?,30?,31-,32+,34+;21?,23-,24?,25-,26-,28?/m01/s1. The number of Topliss-reactive ketones (excluding diaryl/α,β-unsaturated/α-hetero) is 2. The molecule has 7 rings (SSSR count). The van der Waals surface area contributed by atoms with Crippen LogP contribution in [-0.4, -0.2) is 178 Å². The Labute approximate surface area is 490 Å². The second kappa shape index (κ2) is 35.0. The number of ketones is 2. The van der Waals surface area contributed by atoms with Crippen molar-refractivity contribution in [2.45, 2.75) is 184 Å². The minimum Gasteiger partial charge on any atom is -0.465 e. The largest absolute Gasteiger partial charge is 0.465 e. The van der Waals surface area contributed by atoms with Crippen molar-refractivity contribution < 1.29 is 93.0 Å². The summed E-state index contributed by atoms with van der Waals surface area (Å²) in [6.07, 6.45) is 0.0764. The molecule has 0 radical (unpaired) electrons. The van der Waals surface area contributed by atoms with Crippen molar-refractivity contribution in [1.29, 1.82) is 0 Å². The first-order chi connectivity index (χ1) is 40.4. The number of amides is 3. The zero-order valence-corrected chi connectivity index (χ0v) is 48.0. The van der Waals surface area contributed by atoms with E-state index in [0.29, 0.717) is 25.0 Å². The van der Waals surface area contributed by atoms with Gasteiger partial charge in [0.25, 0.3) is 0 Å². The summed E-state index contributed by atoms with van der Waals surface area (Å²) >= 11 is 0. The highest BCUT2D eigenvalue weighted by Crippen LogP contribution is 2.28. The Bertz CT molecular complexity index is 2560. The first kappa shape index (κ1) is 67.3. The second-order valence-corrected chi connectivity index (χ2v) is 22.7. The molecule has 0 spiro atoms. The fourth-order valence-electron chi connectivity index (χ4n) is 11.2. The van der Waals surface area contributed by atoms with Crippen molar-refractivity contribution in [1.82, 2.24) is 16.0 Å². The molecular formula is C62H87N3O19. The van der Waals surface area contributed by atoms with Gasteiger partial charge in [0.05, 0.1) is 39.0 Å². The molecule has 3 aromatic rings. The quantitative estimate of drug-likeness (QED) is 0.0369. The van der Waals surface area contributed by atoms with E-state index in [9.17, 15) is 69.3 Å². The molecule has 3 aromatic carbocycles. The zero-order valence-electron chi connectivity index (χ0n) is 48.0. The third kappa shape index (κ3) is 21.6. The predicted octanol–water partition coefficient (Wildman–Crippen LogP) is 2.56. The molecule has 22 heteroatoms. The number of carbonyl (C=O) groups is 7. The summed E-state index contributed by atoms with van der Waals surface area (Å²) in [5.74, 6) is -3.67. The highest BCUT2D eigenvalue weighted by atomic mass is 16.7. The average molecular weight is 1180 g/mol. The van der Waals surface area contributed by atoms with Gasteiger partial charge in [0.15, 0.2) is 12.6 Å². The van der Waals surface area contributed by atoms with Gasteiger partial charge >= 0.3 is 11.9 Å². The number of hydrogen-bond donors (Lipinski definition) is 10. The van der Waals surface area contributed by atoms with Gasteiger partial charge in [-0.1, -0.05) is 111 Å². The number of rotatable bonds is 28. The summed E-state index contributed by atoms with van der Waals surface area (Å²) in [6.45, 7) is 0.652. The van der Waals surface area contributed by atoms with Crippen molar-refractivity contribution >= 4 is 52.0 Å². The Morgan fingerprint density at radius 2 is 1.20 bits per heavy atom. The number of esters is 2. The van der Waals surface area contributed by atoms with Gasteiger partial charge in [0.1, 0.15) is 60.3 Å². The molecule has 12 atom stereocenters. The van der Waals surface area contributed by atoms with E-state index in [1.54, 1.807) is 0 Å². The van der Waals surface area contributed by atoms with Crippen LogP contribution in [-0.2, 0) is 70.1 Å². The molecule has 3 amide bonds. The number of aliphatic hydroxyl groups is 7. The maximum atomic E-state index is 13.3. The Morgan fingerprint density at radius 1 is 0.607 bits per heavy atom. The van der Waals surface area contributed by atoms with Crippen molar-refractivity contribution in [3.05, 3.63) is 83.9 Å². The Hall–Kier alpha value is -5.79. The van der Waals surface area contributed by atoms with Crippen LogP contribution < -0.4 is 16.0 Å². The van der Waals surface area contributed by atoms with Crippen LogP contribution in [0.25, 0.3) is 10.8 Å². The molecule has 2 aliphatic heterocycles. The van der Waals surface area contributed by atoms with E-state index in [4.69, 9.17) is 23.7 Å². The molecule has 464 valence electrons. The number of fused-ring (bicyclic) bond motifs is 1. The summed E-state index contributed by atoms with van der Waals surface area (Å²) in [7, 11) is 0. The van der Waals surface area contributed by atoms with Crippen molar-refractivity contribution in [3.63, 3.8) is 0 Å². The number of benzene rings is 3. The van der Waals surface area contributed by atoms with Crippen LogP contribution in [0.15, 0.2) is 72.8 Å². The minimum atomic E-state index is -1.63. The van der Waals surface area contributed by atoms with E-state index in [-0.39, 0.29) is 82.1 Å². The van der Waals surface area contributed by atoms with Gasteiger partial charge in [0.2, 0.25) is 17.7 Å². The van der Waals surface area contributed by atoms with Crippen LogP contribution in [0.1, 0.15) is 121 Å². The lowest BCUT2D eigenvalue weighted by atomic mass is 9.90. The molecule has 6 unspecified atom stereocenters. The summed E-state index contributed by atoms with van der Waals surface area (Å²) in [4.78, 5) is 88.7. The minimum absolute atomic E-state index is 0.00617. The van der Waals surface area contributed by atoms with Gasteiger partial charge in [-0.2, -0.15) is 0 Å². The lowest BCUT2D eigenvalue weighted by Gasteiger charge is -2.42. The maximum Gasteiger partial charge on any atom is 0.309 e. The van der Waals surface area contributed by atoms with Gasteiger partial charge in [-0.3, -0.25) is 33.6 Å². The fourth-order valence-corrected chi connectivity index (χ4v) is 11.2. The lowest BCUT2D eigenvalue weighted by molar-refractivity contribution is -0.269. The number of nitrogens with one attached hydrogen (secondary N) is 3. The number of ether oxygens (including phenoxy) is 5. The number of carbonyl (C=O) groups excluding carboxylic acids is 7. The fraction of sp³-hybridized carbons (Fsp3) is 0.629. The summed E-state index contributed by atoms with van der Waals surface area (Å²) in [5.41, 5.74) is 1.71. The molecule has 4 aliphatic rings. The number of aliphatic hydroxyl groups excluding tert-OH is 7. The van der Waals surface area contributed by atoms with Crippen LogP contribution in [0.5, 0.6) is 0 Å². The Morgan fingerprint density at radius 3 is 1.85 bits per heavy atom. The van der Waals surface area contributed by atoms with Crippen LogP contribution in [0.3, 0.4) is 0 Å². The molecule has 2 aliphatic carbocycles. The third-order valence-corrected chi connectivity index (χ3v) is 16.1. The molecule has 2 saturated carbocycles. The normalized spacial score (nSPS) is 25.4. The molecule has 22 nitrogen and oxygen atoms in total. The SMILES string of the molecule is CC(=O)NC1[C@H](OCCNC(=O)CCC(=O)CC(CCC(=O)OCC2CCCCC2)C(=O)OCC2CCCCC2)OC(CO)[C@H](O)[C@@H]1O.O=C(Cc1ccc2ccccc2c1)CC(Cc1ccccc1)C(=O)NC1C(O)O[C@H](CO)[C@@H](O)[C@@H]1O. The second-order valence-electron chi connectivity index (χ2n) is 22.7. The van der Waals surface area contributed by atoms with E-state index < -0.39 is 110 Å². The summed E-state index contributed by atoms with van der Waals surface area (Å²) in [6, 6.07) is 20.5. The topological polar surface area (TPSA) is 343 Å². The molecule has 2 heterocycles. The number of hydrogen-bond acceptors (Lipinski definition) is 19. The van der Waals surface area contributed by atoms with Crippen molar-refractivity contribution in [2.75, 3.05) is 39.6 Å². The van der Waals surface area contributed by atoms with Crippen LogP contribution in [0, 0.1) is 23.7 Å². The summed E-state index contributed by atoms with van der Waals surface area (Å²) < 4.78 is 27.3. The lowest BCUT2D eigenvalue weighted by Crippen LogP contribution is -2.64. The predicted molar refractivity (Wildman–Crippen MR) is 304 cm³/mol. The van der Waals surface area contributed by atoms with E-state index in [1.807, 2.05) is 72.8 Å². The van der Waals surface area contributed by atoms with Crippen molar-refractivity contribution in [2.24, 2.45) is 23.7 Å². The molecule has 2 saturated heterocycles. The first-order valence-electron chi connectivity index (χ1n) is 29.7. The molecule has 84 heavy (non-hydrogen) atoms. The van der Waals surface area contributed by atoms with E-state index >= 15 is 0 Å². The van der Waals surface area contributed by atoms with Gasteiger partial charge in [-0.15, -0.1) is 0 Å². The van der Waals surface area contributed by atoms with Crippen molar-refractivity contribution in [3.8, 4) is 0 Å². The van der Waals surface area contributed by atoms with Gasteiger partial charge in [-0.05, 0) is 72.3 Å². The zero-order chi connectivity index (χ0) is 60.5. The highest BCUT2D eigenvalue weighted by molar-refractivity contribution is 5.90. The Kier molecular flexibility index (Phi) is 28.0. The van der Waals surface area contributed by atoms with Crippen LogP contribution in [0.4, 0.5) is 0 Å². The molecule has 0 bridgehead atoms. The molecule has 4 fully saturated rings. The third-order valence-electron chi connectivity index (χ3n) is 16.1. The van der Waals surface area contributed by atoms with Crippen LogP contribution in [0.2, 0.25) is 0 Å². The highest BCUT2D eigenvalue weighted by Gasteiger charge is 2.46. The van der Waals surface area contributed by atoms with Gasteiger partial charge in [-0.25, -0.2) is 0 Å².